The van der Waals surface area contributed by atoms with Crippen molar-refractivity contribution in [3.05, 3.63) is 85.0 Å². The van der Waals surface area contributed by atoms with E-state index < -0.39 is 16.1 Å². The van der Waals surface area contributed by atoms with Crippen molar-refractivity contribution in [1.82, 2.24) is 0 Å². The zero-order valence-electron chi connectivity index (χ0n) is 20.4. The SMILES string of the molecule is C[C@H](/C=C/CO[Si](c1ccccc1)(c1ccccc1)C(C)(C)C)[C@H]1C[C@@H]2C=CCOP(=O)(O2)O1. The van der Waals surface area contributed by atoms with Crippen LogP contribution in [0, 0.1) is 5.92 Å². The fourth-order valence-corrected chi connectivity index (χ4v) is 10.9. The number of phosphoric acid groups is 1. The van der Waals surface area contributed by atoms with E-state index in [-0.39, 0.29) is 29.8 Å². The molecule has 7 heteroatoms. The molecule has 2 aliphatic rings. The maximum Gasteiger partial charge on any atom is 0.475 e. The summed E-state index contributed by atoms with van der Waals surface area (Å²) in [5.41, 5.74) is 0. The van der Waals surface area contributed by atoms with Crippen LogP contribution in [0.5, 0.6) is 0 Å². The average molecular weight is 499 g/mol. The summed E-state index contributed by atoms with van der Waals surface area (Å²) in [6.45, 7) is 9.62. The van der Waals surface area contributed by atoms with Crippen LogP contribution >= 0.6 is 7.82 Å². The molecule has 2 aromatic carbocycles. The molecule has 0 spiro atoms. The van der Waals surface area contributed by atoms with E-state index in [2.05, 4.69) is 88.4 Å². The van der Waals surface area contributed by atoms with Gasteiger partial charge in [-0.15, -0.1) is 0 Å². The molecule has 2 aliphatic heterocycles. The minimum absolute atomic E-state index is 0.0394. The topological polar surface area (TPSA) is 54.0 Å². The highest BCUT2D eigenvalue weighted by Crippen LogP contribution is 2.57. The van der Waals surface area contributed by atoms with Gasteiger partial charge in [-0.3, -0.25) is 13.6 Å². The first-order valence-electron chi connectivity index (χ1n) is 11.9. The monoisotopic (exact) mass is 498 g/mol. The largest absolute Gasteiger partial charge is 0.475 e. The Kier molecular flexibility index (Phi) is 7.78. The highest BCUT2D eigenvalue weighted by atomic mass is 31.2. The zero-order chi connectivity index (χ0) is 24.2. The number of hydrogen-bond acceptors (Lipinski definition) is 5. The van der Waals surface area contributed by atoms with Crippen molar-refractivity contribution in [1.29, 1.82) is 0 Å². The van der Waals surface area contributed by atoms with Crippen molar-refractivity contribution in [3.8, 4) is 0 Å². The predicted octanol–water partition coefficient (Wildman–Crippen LogP) is 5.62. The molecule has 1 fully saturated rings. The summed E-state index contributed by atoms with van der Waals surface area (Å²) in [5.74, 6) is 0.0394. The van der Waals surface area contributed by atoms with Gasteiger partial charge in [0, 0.05) is 12.3 Å². The first kappa shape index (κ1) is 25.3. The molecule has 2 aromatic rings. The summed E-state index contributed by atoms with van der Waals surface area (Å²) in [5, 5.41) is 2.45. The minimum Gasteiger partial charge on any atom is -0.404 e. The lowest BCUT2D eigenvalue weighted by Gasteiger charge is -2.42. The first-order valence-corrected chi connectivity index (χ1v) is 15.3. The molecule has 1 unspecified atom stereocenters. The molecule has 4 atom stereocenters. The molecule has 2 heterocycles. The quantitative estimate of drug-likeness (QED) is 0.282. The van der Waals surface area contributed by atoms with Crippen molar-refractivity contribution in [3.63, 3.8) is 0 Å². The summed E-state index contributed by atoms with van der Waals surface area (Å²) in [4.78, 5) is 0. The average Bonchev–Trinajstić information content (AvgIpc) is 2.95. The molecular weight excluding hydrogens is 463 g/mol. The lowest BCUT2D eigenvalue weighted by Crippen LogP contribution is -2.66. The van der Waals surface area contributed by atoms with E-state index in [1.165, 1.54) is 10.4 Å². The maximum absolute atomic E-state index is 12.7. The van der Waals surface area contributed by atoms with Crippen LogP contribution in [-0.4, -0.2) is 33.7 Å². The summed E-state index contributed by atoms with van der Waals surface area (Å²) in [6, 6.07) is 21.2. The third-order valence-corrected chi connectivity index (χ3v) is 13.0. The van der Waals surface area contributed by atoms with E-state index in [4.69, 9.17) is 18.0 Å². The van der Waals surface area contributed by atoms with Crippen LogP contribution in [0.3, 0.4) is 0 Å². The highest BCUT2D eigenvalue weighted by Gasteiger charge is 2.50. The molecule has 0 radical (unpaired) electrons. The number of phosphoric ester groups is 1. The van der Waals surface area contributed by atoms with Crippen LogP contribution < -0.4 is 10.4 Å². The Labute approximate surface area is 204 Å². The van der Waals surface area contributed by atoms with Gasteiger partial charge in [-0.05, 0) is 15.4 Å². The van der Waals surface area contributed by atoms with Gasteiger partial charge in [0.2, 0.25) is 0 Å². The fourth-order valence-electron chi connectivity index (χ4n) is 4.83. The van der Waals surface area contributed by atoms with Gasteiger partial charge in [0.15, 0.2) is 0 Å². The molecule has 0 aromatic heterocycles. The van der Waals surface area contributed by atoms with Gasteiger partial charge < -0.3 is 4.43 Å². The van der Waals surface area contributed by atoms with Crippen molar-refractivity contribution >= 4 is 26.5 Å². The Balaban J connectivity index is 1.53. The Hall–Kier alpha value is -1.79. The van der Waals surface area contributed by atoms with Gasteiger partial charge in [-0.25, -0.2) is 4.57 Å². The lowest BCUT2D eigenvalue weighted by atomic mass is 9.98. The lowest BCUT2D eigenvalue weighted by molar-refractivity contribution is -0.000863. The molecule has 182 valence electrons. The Bertz CT molecular complexity index is 1010. The van der Waals surface area contributed by atoms with Crippen molar-refractivity contribution in [2.75, 3.05) is 13.2 Å². The molecule has 1 saturated heterocycles. The molecule has 34 heavy (non-hydrogen) atoms. The van der Waals surface area contributed by atoms with E-state index in [9.17, 15) is 4.57 Å². The van der Waals surface area contributed by atoms with Gasteiger partial charge in [0.05, 0.1) is 25.4 Å². The number of fused-ring (bicyclic) bond motifs is 2. The molecule has 2 bridgehead atoms. The highest BCUT2D eigenvalue weighted by molar-refractivity contribution is 7.48. The van der Waals surface area contributed by atoms with E-state index in [1.54, 1.807) is 0 Å². The molecular formula is C27H35O5PSi. The zero-order valence-corrected chi connectivity index (χ0v) is 22.3. The van der Waals surface area contributed by atoms with Gasteiger partial charge in [0.25, 0.3) is 8.32 Å². The van der Waals surface area contributed by atoms with Crippen molar-refractivity contribution in [2.24, 2.45) is 5.92 Å². The van der Waals surface area contributed by atoms with Crippen LogP contribution in [-0.2, 0) is 22.6 Å². The normalized spacial score (nSPS) is 26.4. The maximum atomic E-state index is 12.7. The second-order valence-electron chi connectivity index (χ2n) is 9.96. The smallest absolute Gasteiger partial charge is 0.404 e. The van der Waals surface area contributed by atoms with E-state index in [0.717, 1.165) is 0 Å². The van der Waals surface area contributed by atoms with Gasteiger partial charge in [0.1, 0.15) is 0 Å². The molecule has 4 rings (SSSR count). The number of benzene rings is 2. The van der Waals surface area contributed by atoms with Gasteiger partial charge in [-0.1, -0.05) is 113 Å². The Morgan fingerprint density at radius 2 is 1.68 bits per heavy atom. The van der Waals surface area contributed by atoms with Crippen LogP contribution in [0.15, 0.2) is 85.0 Å². The Morgan fingerprint density at radius 3 is 2.26 bits per heavy atom. The molecule has 0 N–H and O–H groups in total. The molecule has 0 aliphatic carbocycles. The van der Waals surface area contributed by atoms with Gasteiger partial charge in [-0.2, -0.15) is 0 Å². The fraction of sp³-hybridized carbons (Fsp3) is 0.407. The van der Waals surface area contributed by atoms with Crippen LogP contribution in [0.4, 0.5) is 0 Å². The summed E-state index contributed by atoms with van der Waals surface area (Å²) in [7, 11) is -6.08. The predicted molar refractivity (Wildman–Crippen MR) is 139 cm³/mol. The minimum atomic E-state index is -3.51. The third-order valence-electron chi connectivity index (χ3n) is 6.51. The number of hydrogen-bond donors (Lipinski definition) is 0. The van der Waals surface area contributed by atoms with Crippen LogP contribution in [0.25, 0.3) is 0 Å². The first-order chi connectivity index (χ1) is 16.2. The molecule has 0 amide bonds. The van der Waals surface area contributed by atoms with Crippen molar-refractivity contribution < 1.29 is 22.6 Å². The molecule has 5 nitrogen and oxygen atoms in total. The molecule has 0 saturated carbocycles. The van der Waals surface area contributed by atoms with Crippen LogP contribution in [0.1, 0.15) is 34.1 Å². The second kappa shape index (κ2) is 10.4. The third kappa shape index (κ3) is 5.38. The second-order valence-corrected chi connectivity index (χ2v) is 15.8. The standard InChI is InChI=1S/C27H35O5PSi/c1-22(26-21-23-14-12-19-29-33(28,31-23)32-26)13-11-20-30-34(27(2,3)4,24-15-7-5-8-16-24)25-17-9-6-10-18-25/h5-18,22-23,26H,19-21H2,1-4H3/b13-11+/t22-,23+,26-,33?/m1/s1. The van der Waals surface area contributed by atoms with Crippen LogP contribution in [0.2, 0.25) is 5.04 Å². The Morgan fingerprint density at radius 1 is 1.06 bits per heavy atom. The number of rotatable bonds is 7. The summed E-state index contributed by atoms with van der Waals surface area (Å²) in [6.07, 6.45) is 8.08. The van der Waals surface area contributed by atoms with Gasteiger partial charge >= 0.3 is 7.82 Å². The summed E-state index contributed by atoms with van der Waals surface area (Å²) >= 11 is 0. The van der Waals surface area contributed by atoms with E-state index in [0.29, 0.717) is 13.0 Å². The van der Waals surface area contributed by atoms with E-state index in [1.807, 2.05) is 24.3 Å². The van der Waals surface area contributed by atoms with Crippen molar-refractivity contribution in [2.45, 2.75) is 51.4 Å². The summed E-state index contributed by atoms with van der Waals surface area (Å²) < 4.78 is 36.2. The van der Waals surface area contributed by atoms with E-state index >= 15 is 0 Å².